The normalized spacial score (nSPS) is 11.4. The van der Waals surface area contributed by atoms with E-state index in [-0.39, 0.29) is 17.6 Å². The molecular weight excluding hydrogens is 122 g/mol. The van der Waals surface area contributed by atoms with Crippen molar-refractivity contribution in [3.05, 3.63) is 0 Å². The zero-order valence-corrected chi connectivity index (χ0v) is 5.66. The van der Waals surface area contributed by atoms with Crippen molar-refractivity contribution < 1.29 is 19.8 Å². The fourth-order valence-electron chi connectivity index (χ4n) is 0.369. The molecule has 0 aliphatic rings. The van der Waals surface area contributed by atoms with Crippen molar-refractivity contribution >= 4 is 5.97 Å². The molecule has 0 atom stereocenters. The van der Waals surface area contributed by atoms with Crippen LogP contribution in [0.3, 0.4) is 0 Å². The molecule has 0 heterocycles. The average Bonchev–Trinajstić information content (AvgIpc) is 1.59. The summed E-state index contributed by atoms with van der Waals surface area (Å²) >= 11 is 0. The Morgan fingerprint density at radius 3 is 2.11 bits per heavy atom. The Morgan fingerprint density at radius 2 is 2.00 bits per heavy atom. The minimum absolute atomic E-state index is 0.00347. The van der Waals surface area contributed by atoms with Crippen LogP contribution in [0.4, 0.5) is 0 Å². The minimum Gasteiger partial charge on any atom is -0.481 e. The molecule has 0 aromatic heterocycles. The number of rotatable bonds is 3. The largest absolute Gasteiger partial charge is 0.481 e. The van der Waals surface area contributed by atoms with Crippen molar-refractivity contribution in [1.82, 2.24) is 0 Å². The van der Waals surface area contributed by atoms with Crippen molar-refractivity contribution in [2.24, 2.45) is 0 Å². The van der Waals surface area contributed by atoms with Crippen LogP contribution < -0.4 is 0 Å². The standard InChI is InChI=1S/C5H11NO3/c1-6(2,9)4-3-5(7)8/h9H,3-4H2,1-2H3/p+1. The molecule has 0 unspecified atom stereocenters. The predicted octanol–water partition coefficient (Wildman–Crippen LogP) is -0.0733. The summed E-state index contributed by atoms with van der Waals surface area (Å²) < 4.78 is -0.285. The van der Waals surface area contributed by atoms with E-state index in [4.69, 9.17) is 10.3 Å². The second-order valence-corrected chi connectivity index (χ2v) is 2.49. The number of aliphatic carboxylic acids is 1. The quantitative estimate of drug-likeness (QED) is 0.419. The first-order valence-corrected chi connectivity index (χ1v) is 2.69. The Labute approximate surface area is 53.9 Å². The number of nitrogens with zero attached hydrogens (tertiary/aromatic N) is 1. The molecule has 0 amide bonds. The van der Waals surface area contributed by atoms with E-state index >= 15 is 0 Å². The summed E-state index contributed by atoms with van der Waals surface area (Å²) in [6.07, 6.45) is 0.00347. The van der Waals surface area contributed by atoms with Crippen LogP contribution in [-0.2, 0) is 4.79 Å². The van der Waals surface area contributed by atoms with Crippen LogP contribution in [0, 0.1) is 0 Å². The molecule has 54 valence electrons. The SMILES string of the molecule is C[N+](C)(O)CCC(=O)O. The van der Waals surface area contributed by atoms with Gasteiger partial charge in [0.1, 0.15) is 6.54 Å². The summed E-state index contributed by atoms with van der Waals surface area (Å²) in [6.45, 7) is 0.245. The second kappa shape index (κ2) is 2.80. The summed E-state index contributed by atoms with van der Waals surface area (Å²) in [7, 11) is 3.06. The molecular formula is C5H12NO3+. The van der Waals surface area contributed by atoms with Crippen molar-refractivity contribution in [2.45, 2.75) is 6.42 Å². The molecule has 4 nitrogen and oxygen atoms in total. The molecule has 0 rings (SSSR count). The van der Waals surface area contributed by atoms with E-state index in [0.717, 1.165) is 0 Å². The van der Waals surface area contributed by atoms with Crippen LogP contribution in [0.5, 0.6) is 0 Å². The molecule has 0 radical (unpaired) electrons. The van der Waals surface area contributed by atoms with E-state index in [1.54, 1.807) is 0 Å². The highest BCUT2D eigenvalue weighted by Gasteiger charge is 2.11. The first-order chi connectivity index (χ1) is 3.92. The van der Waals surface area contributed by atoms with Gasteiger partial charge in [-0.1, -0.05) is 0 Å². The number of carboxylic acids is 1. The van der Waals surface area contributed by atoms with Crippen LogP contribution in [0.15, 0.2) is 0 Å². The number of quaternary nitrogens is 1. The molecule has 0 bridgehead atoms. The van der Waals surface area contributed by atoms with Crippen molar-refractivity contribution in [3.8, 4) is 0 Å². The smallest absolute Gasteiger partial charge is 0.309 e. The highest BCUT2D eigenvalue weighted by molar-refractivity contribution is 5.66. The van der Waals surface area contributed by atoms with E-state index in [9.17, 15) is 4.79 Å². The van der Waals surface area contributed by atoms with E-state index < -0.39 is 5.97 Å². The highest BCUT2D eigenvalue weighted by atomic mass is 16.5. The fraction of sp³-hybridized carbons (Fsp3) is 0.800. The molecule has 0 spiro atoms. The first-order valence-electron chi connectivity index (χ1n) is 2.69. The Balaban J connectivity index is 3.39. The molecule has 0 fully saturated rings. The van der Waals surface area contributed by atoms with Crippen LogP contribution in [0.25, 0.3) is 0 Å². The third kappa shape index (κ3) is 7.39. The Hall–Kier alpha value is -0.610. The predicted molar refractivity (Wildman–Crippen MR) is 31.0 cm³/mol. The van der Waals surface area contributed by atoms with Crippen LogP contribution in [-0.4, -0.2) is 41.6 Å². The zero-order valence-electron chi connectivity index (χ0n) is 5.66. The molecule has 0 aliphatic carbocycles. The van der Waals surface area contributed by atoms with E-state index in [1.165, 1.54) is 14.1 Å². The van der Waals surface area contributed by atoms with E-state index in [2.05, 4.69) is 0 Å². The zero-order chi connectivity index (χ0) is 7.49. The van der Waals surface area contributed by atoms with Crippen molar-refractivity contribution in [2.75, 3.05) is 20.6 Å². The van der Waals surface area contributed by atoms with Gasteiger partial charge in [-0.15, -0.1) is 0 Å². The molecule has 2 N–H and O–H groups in total. The maximum absolute atomic E-state index is 9.92. The summed E-state index contributed by atoms with van der Waals surface area (Å²) in [6, 6.07) is 0. The van der Waals surface area contributed by atoms with Gasteiger partial charge in [0.25, 0.3) is 0 Å². The van der Waals surface area contributed by atoms with Crippen LogP contribution in [0.2, 0.25) is 0 Å². The molecule has 4 heteroatoms. The lowest BCUT2D eigenvalue weighted by molar-refractivity contribution is -1.07. The van der Waals surface area contributed by atoms with Gasteiger partial charge in [-0.3, -0.25) is 4.79 Å². The minimum atomic E-state index is -0.879. The van der Waals surface area contributed by atoms with Gasteiger partial charge in [-0.2, -0.15) is 4.65 Å². The number of carbonyl (C=O) groups is 1. The lowest BCUT2D eigenvalue weighted by Gasteiger charge is -2.17. The van der Waals surface area contributed by atoms with Gasteiger partial charge < -0.3 is 5.11 Å². The fourth-order valence-corrected chi connectivity index (χ4v) is 0.369. The molecule has 0 aliphatic heterocycles. The van der Waals surface area contributed by atoms with Gasteiger partial charge in [0.2, 0.25) is 0 Å². The van der Waals surface area contributed by atoms with Gasteiger partial charge >= 0.3 is 5.97 Å². The molecule has 0 saturated heterocycles. The monoisotopic (exact) mass is 134 g/mol. The third-order valence-electron chi connectivity index (χ3n) is 0.873. The third-order valence-corrected chi connectivity index (χ3v) is 0.873. The molecule has 0 aromatic carbocycles. The molecule has 0 aromatic rings. The van der Waals surface area contributed by atoms with Crippen LogP contribution >= 0.6 is 0 Å². The summed E-state index contributed by atoms with van der Waals surface area (Å²) in [4.78, 5) is 9.92. The summed E-state index contributed by atoms with van der Waals surface area (Å²) in [5.74, 6) is -0.879. The number of carboxylic acid groups (broad SMARTS) is 1. The van der Waals surface area contributed by atoms with Gasteiger partial charge in [-0.05, 0) is 0 Å². The number of hydrogen-bond donors (Lipinski definition) is 2. The lowest BCUT2D eigenvalue weighted by Crippen LogP contribution is -2.37. The summed E-state index contributed by atoms with van der Waals surface area (Å²) in [5.41, 5.74) is 0. The van der Waals surface area contributed by atoms with Gasteiger partial charge in [0.05, 0.1) is 20.5 Å². The van der Waals surface area contributed by atoms with E-state index in [0.29, 0.717) is 0 Å². The Morgan fingerprint density at radius 1 is 1.56 bits per heavy atom. The topological polar surface area (TPSA) is 57.5 Å². The maximum Gasteiger partial charge on any atom is 0.309 e. The second-order valence-electron chi connectivity index (χ2n) is 2.49. The van der Waals surface area contributed by atoms with Crippen molar-refractivity contribution in [1.29, 1.82) is 0 Å². The average molecular weight is 134 g/mol. The number of hydrogen-bond acceptors (Lipinski definition) is 2. The highest BCUT2D eigenvalue weighted by Crippen LogP contribution is 1.91. The Bertz CT molecular complexity index is 105. The first kappa shape index (κ1) is 8.39. The van der Waals surface area contributed by atoms with Gasteiger partial charge in [-0.25, -0.2) is 5.21 Å². The molecule has 9 heavy (non-hydrogen) atoms. The molecule has 0 saturated carbocycles. The Kier molecular flexibility index (Phi) is 2.61. The number of hydroxylamine groups is 3. The maximum atomic E-state index is 9.92. The van der Waals surface area contributed by atoms with Gasteiger partial charge in [0.15, 0.2) is 0 Å². The van der Waals surface area contributed by atoms with E-state index in [1.807, 2.05) is 0 Å². The van der Waals surface area contributed by atoms with Crippen LogP contribution in [0.1, 0.15) is 6.42 Å². The van der Waals surface area contributed by atoms with Gasteiger partial charge in [0, 0.05) is 0 Å². The lowest BCUT2D eigenvalue weighted by atomic mass is 10.4. The van der Waals surface area contributed by atoms with Crippen molar-refractivity contribution in [3.63, 3.8) is 0 Å². The summed E-state index contributed by atoms with van der Waals surface area (Å²) in [5, 5.41) is 17.1.